The van der Waals surface area contributed by atoms with Gasteiger partial charge in [0, 0.05) is 28.9 Å². The van der Waals surface area contributed by atoms with E-state index in [0.29, 0.717) is 17.1 Å². The Labute approximate surface area is 120 Å². The molecule has 0 radical (unpaired) electrons. The fourth-order valence-corrected chi connectivity index (χ4v) is 2.26. The van der Waals surface area contributed by atoms with E-state index in [1.807, 2.05) is 6.92 Å². The highest BCUT2D eigenvalue weighted by Gasteiger charge is 2.14. The van der Waals surface area contributed by atoms with Crippen LogP contribution in [0.4, 0.5) is 10.5 Å². The maximum absolute atomic E-state index is 11.7. The maximum atomic E-state index is 11.7. The van der Waals surface area contributed by atoms with E-state index in [9.17, 15) is 13.8 Å². The number of anilines is 1. The van der Waals surface area contributed by atoms with Gasteiger partial charge in [0.1, 0.15) is 0 Å². The van der Waals surface area contributed by atoms with Crippen molar-refractivity contribution in [2.45, 2.75) is 13.8 Å². The van der Waals surface area contributed by atoms with Gasteiger partial charge in [-0.15, -0.1) is 0 Å². The van der Waals surface area contributed by atoms with Crippen LogP contribution < -0.4 is 10.6 Å². The zero-order valence-electron chi connectivity index (χ0n) is 11.4. The average molecular weight is 298 g/mol. The van der Waals surface area contributed by atoms with Crippen LogP contribution in [0, 0.1) is 6.92 Å². The minimum Gasteiger partial charge on any atom is -0.478 e. The highest BCUT2D eigenvalue weighted by atomic mass is 32.2. The summed E-state index contributed by atoms with van der Waals surface area (Å²) in [6.45, 7) is 3.75. The quantitative estimate of drug-likeness (QED) is 0.743. The molecule has 6 nitrogen and oxygen atoms in total. The second-order valence-electron chi connectivity index (χ2n) is 4.12. The van der Waals surface area contributed by atoms with Crippen LogP contribution >= 0.6 is 0 Å². The first-order valence-corrected chi connectivity index (χ1v) is 7.67. The first-order chi connectivity index (χ1) is 9.45. The van der Waals surface area contributed by atoms with Crippen molar-refractivity contribution in [3.8, 4) is 0 Å². The molecule has 1 unspecified atom stereocenters. The monoisotopic (exact) mass is 298 g/mol. The van der Waals surface area contributed by atoms with Gasteiger partial charge in [-0.2, -0.15) is 0 Å². The minimum atomic E-state index is -1.09. The molecule has 0 fully saturated rings. The van der Waals surface area contributed by atoms with Crippen molar-refractivity contribution in [2.24, 2.45) is 0 Å². The predicted molar refractivity (Wildman–Crippen MR) is 78.7 cm³/mol. The van der Waals surface area contributed by atoms with Crippen LogP contribution in [0.5, 0.6) is 0 Å². The molecule has 0 spiro atoms. The molecule has 0 bridgehead atoms. The van der Waals surface area contributed by atoms with Crippen molar-refractivity contribution in [3.05, 3.63) is 29.3 Å². The van der Waals surface area contributed by atoms with Crippen molar-refractivity contribution < 1.29 is 18.9 Å². The van der Waals surface area contributed by atoms with E-state index in [1.54, 1.807) is 19.1 Å². The molecule has 0 aliphatic carbocycles. The third kappa shape index (κ3) is 4.65. The highest BCUT2D eigenvalue weighted by molar-refractivity contribution is 7.84. The van der Waals surface area contributed by atoms with Gasteiger partial charge in [0.2, 0.25) is 0 Å². The molecule has 0 saturated heterocycles. The normalized spacial score (nSPS) is 11.7. The summed E-state index contributed by atoms with van der Waals surface area (Å²) >= 11 is 0. The van der Waals surface area contributed by atoms with Gasteiger partial charge >= 0.3 is 12.0 Å². The molecule has 0 aliphatic heterocycles. The molecule has 1 aromatic carbocycles. The lowest BCUT2D eigenvalue weighted by Gasteiger charge is -2.11. The fraction of sp³-hybridized carbons (Fsp3) is 0.385. The number of aromatic carboxylic acids is 1. The van der Waals surface area contributed by atoms with Crippen LogP contribution in [0.1, 0.15) is 22.8 Å². The van der Waals surface area contributed by atoms with Gasteiger partial charge in [-0.05, 0) is 18.6 Å². The van der Waals surface area contributed by atoms with Gasteiger partial charge in [0.15, 0.2) is 0 Å². The van der Waals surface area contributed by atoms with E-state index in [0.717, 1.165) is 0 Å². The van der Waals surface area contributed by atoms with Gasteiger partial charge < -0.3 is 15.7 Å². The van der Waals surface area contributed by atoms with Crippen molar-refractivity contribution in [1.82, 2.24) is 5.32 Å². The Hall–Kier alpha value is -1.89. The van der Waals surface area contributed by atoms with Crippen LogP contribution in [-0.2, 0) is 10.8 Å². The van der Waals surface area contributed by atoms with E-state index in [-0.39, 0.29) is 17.8 Å². The van der Waals surface area contributed by atoms with Crippen LogP contribution in [0.2, 0.25) is 0 Å². The summed E-state index contributed by atoms with van der Waals surface area (Å²) in [5.74, 6) is -0.168. The molecule has 1 rings (SSSR count). The lowest BCUT2D eigenvalue weighted by Crippen LogP contribution is -2.32. The summed E-state index contributed by atoms with van der Waals surface area (Å²) in [7, 11) is -0.942. The first-order valence-electron chi connectivity index (χ1n) is 6.18. The van der Waals surface area contributed by atoms with Gasteiger partial charge in [0.05, 0.1) is 11.3 Å². The van der Waals surface area contributed by atoms with Gasteiger partial charge in [0.25, 0.3) is 0 Å². The second kappa shape index (κ2) is 7.64. The van der Waals surface area contributed by atoms with Gasteiger partial charge in [-0.3, -0.25) is 4.21 Å². The molecular formula is C13H18N2O4S. The number of hydrogen-bond donors (Lipinski definition) is 3. The van der Waals surface area contributed by atoms with E-state index in [1.165, 1.54) is 6.07 Å². The number of carboxylic acid groups (broad SMARTS) is 1. The van der Waals surface area contributed by atoms with Crippen LogP contribution in [-0.4, -0.2) is 39.4 Å². The molecule has 0 aliphatic rings. The Bertz CT molecular complexity index is 531. The highest BCUT2D eigenvalue weighted by Crippen LogP contribution is 2.19. The molecule has 0 saturated carbocycles. The van der Waals surface area contributed by atoms with Crippen molar-refractivity contribution in [1.29, 1.82) is 0 Å². The molecular weight excluding hydrogens is 280 g/mol. The SMILES string of the molecule is CCS(=O)CCNC(=O)Nc1cccc(C)c1C(=O)O. The van der Waals surface area contributed by atoms with Crippen LogP contribution in [0.25, 0.3) is 0 Å². The molecule has 2 amide bonds. The number of nitrogens with one attached hydrogen (secondary N) is 2. The molecule has 3 N–H and O–H groups in total. The van der Waals surface area contributed by atoms with Gasteiger partial charge in [-0.25, -0.2) is 9.59 Å². The van der Waals surface area contributed by atoms with E-state index in [4.69, 9.17) is 5.11 Å². The smallest absolute Gasteiger partial charge is 0.338 e. The summed E-state index contributed by atoms with van der Waals surface area (Å²) in [6.07, 6.45) is 0. The lowest BCUT2D eigenvalue weighted by molar-refractivity contribution is 0.0697. The van der Waals surface area contributed by atoms with Crippen molar-refractivity contribution in [3.63, 3.8) is 0 Å². The van der Waals surface area contributed by atoms with Crippen LogP contribution in [0.15, 0.2) is 18.2 Å². The number of benzene rings is 1. The third-order valence-electron chi connectivity index (χ3n) is 2.67. The number of carbonyl (C=O) groups is 2. The fourth-order valence-electron chi connectivity index (χ4n) is 1.65. The molecule has 1 atom stereocenters. The van der Waals surface area contributed by atoms with Crippen molar-refractivity contribution in [2.75, 3.05) is 23.4 Å². The Morgan fingerprint density at radius 1 is 1.35 bits per heavy atom. The Balaban J connectivity index is 2.65. The van der Waals surface area contributed by atoms with E-state index < -0.39 is 22.8 Å². The second-order valence-corrected chi connectivity index (χ2v) is 5.98. The Morgan fingerprint density at radius 3 is 2.65 bits per heavy atom. The number of amides is 2. The summed E-state index contributed by atoms with van der Waals surface area (Å²) in [5.41, 5.74) is 0.883. The predicted octanol–water partition coefficient (Wildman–Crippen LogP) is 1.58. The summed E-state index contributed by atoms with van der Waals surface area (Å²) in [6, 6.07) is 4.35. The maximum Gasteiger partial charge on any atom is 0.338 e. The van der Waals surface area contributed by atoms with Crippen LogP contribution in [0.3, 0.4) is 0 Å². The summed E-state index contributed by atoms with van der Waals surface area (Å²) in [5, 5.41) is 14.2. The zero-order valence-corrected chi connectivity index (χ0v) is 12.3. The number of aryl methyl sites for hydroxylation is 1. The third-order valence-corrected chi connectivity index (χ3v) is 3.98. The molecule has 0 heterocycles. The molecule has 110 valence electrons. The van der Waals surface area contributed by atoms with E-state index >= 15 is 0 Å². The van der Waals surface area contributed by atoms with E-state index in [2.05, 4.69) is 10.6 Å². The molecule has 0 aromatic heterocycles. The minimum absolute atomic E-state index is 0.0692. The topological polar surface area (TPSA) is 95.5 Å². The summed E-state index contributed by atoms with van der Waals surface area (Å²) < 4.78 is 11.2. The Morgan fingerprint density at radius 2 is 2.05 bits per heavy atom. The number of hydrogen-bond acceptors (Lipinski definition) is 3. The van der Waals surface area contributed by atoms with Gasteiger partial charge in [-0.1, -0.05) is 19.1 Å². The first kappa shape index (κ1) is 16.2. The Kier molecular flexibility index (Phi) is 6.17. The number of carbonyl (C=O) groups excluding carboxylic acids is 1. The number of carboxylic acids is 1. The lowest BCUT2D eigenvalue weighted by atomic mass is 10.1. The molecule has 7 heteroatoms. The largest absolute Gasteiger partial charge is 0.478 e. The number of rotatable bonds is 6. The molecule has 20 heavy (non-hydrogen) atoms. The van der Waals surface area contributed by atoms with Crippen molar-refractivity contribution >= 4 is 28.5 Å². The molecule has 1 aromatic rings. The summed E-state index contributed by atoms with van der Waals surface area (Å²) in [4.78, 5) is 22.8. The zero-order chi connectivity index (χ0) is 15.1. The standard InChI is InChI=1S/C13H18N2O4S/c1-3-20(19)8-7-14-13(18)15-10-6-4-5-9(2)11(10)12(16)17/h4-6H,3,7-8H2,1-2H3,(H,16,17)(H2,14,15,18). The average Bonchev–Trinajstić information content (AvgIpc) is 2.38. The number of urea groups is 1.